The third kappa shape index (κ3) is 2.09. The molecule has 0 bridgehead atoms. The van der Waals surface area contributed by atoms with Crippen LogP contribution in [0.5, 0.6) is 0 Å². The SMILES string of the molecule is CCCc1c(NN)ncnc1N1CCCC1. The minimum Gasteiger partial charge on any atom is -0.356 e. The van der Waals surface area contributed by atoms with Crippen LogP contribution >= 0.6 is 0 Å². The number of anilines is 2. The molecule has 88 valence electrons. The summed E-state index contributed by atoms with van der Waals surface area (Å²) in [6.45, 7) is 4.34. The molecule has 1 aromatic heterocycles. The van der Waals surface area contributed by atoms with Crippen molar-refractivity contribution in [1.82, 2.24) is 9.97 Å². The smallest absolute Gasteiger partial charge is 0.148 e. The van der Waals surface area contributed by atoms with E-state index in [2.05, 4.69) is 27.2 Å². The van der Waals surface area contributed by atoms with Crippen molar-refractivity contribution >= 4 is 11.6 Å². The Hall–Kier alpha value is -1.36. The first-order valence-electron chi connectivity index (χ1n) is 5.92. The van der Waals surface area contributed by atoms with E-state index in [0.29, 0.717) is 0 Å². The number of hydrogen-bond donors (Lipinski definition) is 2. The number of nitrogens with two attached hydrogens (primary N) is 1. The second-order valence-corrected chi connectivity index (χ2v) is 4.11. The van der Waals surface area contributed by atoms with E-state index in [-0.39, 0.29) is 0 Å². The van der Waals surface area contributed by atoms with Gasteiger partial charge >= 0.3 is 0 Å². The fraction of sp³-hybridized carbons (Fsp3) is 0.636. The summed E-state index contributed by atoms with van der Waals surface area (Å²) in [6.07, 6.45) is 6.12. The molecule has 0 radical (unpaired) electrons. The highest BCUT2D eigenvalue weighted by molar-refractivity contribution is 5.58. The van der Waals surface area contributed by atoms with Crippen LogP contribution in [0.4, 0.5) is 11.6 Å². The first-order chi connectivity index (χ1) is 7.86. The molecular formula is C11H19N5. The van der Waals surface area contributed by atoms with Crippen molar-refractivity contribution in [3.8, 4) is 0 Å². The Morgan fingerprint density at radius 3 is 2.75 bits per heavy atom. The first kappa shape index (κ1) is 11.1. The second-order valence-electron chi connectivity index (χ2n) is 4.11. The lowest BCUT2D eigenvalue weighted by Crippen LogP contribution is -2.22. The zero-order valence-electron chi connectivity index (χ0n) is 9.74. The molecule has 0 atom stereocenters. The van der Waals surface area contributed by atoms with E-state index in [0.717, 1.165) is 43.1 Å². The third-order valence-electron chi connectivity index (χ3n) is 2.96. The number of nitrogen functional groups attached to an aromatic ring is 1. The van der Waals surface area contributed by atoms with Crippen molar-refractivity contribution in [2.45, 2.75) is 32.6 Å². The number of aromatic nitrogens is 2. The number of nitrogens with zero attached hydrogens (tertiary/aromatic N) is 3. The molecule has 0 amide bonds. The molecule has 1 aliphatic heterocycles. The van der Waals surface area contributed by atoms with E-state index in [1.807, 2.05) is 0 Å². The van der Waals surface area contributed by atoms with Crippen LogP contribution < -0.4 is 16.2 Å². The highest BCUT2D eigenvalue weighted by atomic mass is 15.3. The van der Waals surface area contributed by atoms with Gasteiger partial charge in [0, 0.05) is 18.7 Å². The first-order valence-corrected chi connectivity index (χ1v) is 5.92. The molecule has 1 fully saturated rings. The molecule has 1 aliphatic rings. The minimum absolute atomic E-state index is 0.763. The van der Waals surface area contributed by atoms with Gasteiger partial charge in [-0.05, 0) is 19.3 Å². The predicted molar refractivity (Wildman–Crippen MR) is 65.3 cm³/mol. The summed E-state index contributed by atoms with van der Waals surface area (Å²) in [4.78, 5) is 10.9. The molecule has 5 heteroatoms. The largest absolute Gasteiger partial charge is 0.356 e. The van der Waals surface area contributed by atoms with Crippen LogP contribution in [0.25, 0.3) is 0 Å². The Morgan fingerprint density at radius 2 is 2.12 bits per heavy atom. The van der Waals surface area contributed by atoms with Gasteiger partial charge in [-0.15, -0.1) is 0 Å². The zero-order chi connectivity index (χ0) is 11.4. The molecule has 0 spiro atoms. The fourth-order valence-electron chi connectivity index (χ4n) is 2.21. The lowest BCUT2D eigenvalue weighted by atomic mass is 10.1. The zero-order valence-corrected chi connectivity index (χ0v) is 9.74. The van der Waals surface area contributed by atoms with Crippen LogP contribution in [0.15, 0.2) is 6.33 Å². The maximum Gasteiger partial charge on any atom is 0.148 e. The van der Waals surface area contributed by atoms with Gasteiger partial charge in [-0.3, -0.25) is 0 Å². The number of hydrazine groups is 1. The van der Waals surface area contributed by atoms with Gasteiger partial charge in [0.25, 0.3) is 0 Å². The van der Waals surface area contributed by atoms with Gasteiger partial charge in [0.1, 0.15) is 18.0 Å². The van der Waals surface area contributed by atoms with E-state index < -0.39 is 0 Å². The third-order valence-corrected chi connectivity index (χ3v) is 2.96. The van der Waals surface area contributed by atoms with Crippen LogP contribution in [0.1, 0.15) is 31.7 Å². The lowest BCUT2D eigenvalue weighted by molar-refractivity contribution is 0.857. The van der Waals surface area contributed by atoms with Crippen molar-refractivity contribution in [1.29, 1.82) is 0 Å². The van der Waals surface area contributed by atoms with Gasteiger partial charge in [0.05, 0.1) is 0 Å². The van der Waals surface area contributed by atoms with Crippen molar-refractivity contribution < 1.29 is 0 Å². The topological polar surface area (TPSA) is 67.1 Å². The van der Waals surface area contributed by atoms with Crippen molar-refractivity contribution in [3.05, 3.63) is 11.9 Å². The summed E-state index contributed by atoms with van der Waals surface area (Å²) >= 11 is 0. The average molecular weight is 221 g/mol. The van der Waals surface area contributed by atoms with Crippen LogP contribution in [-0.2, 0) is 6.42 Å². The highest BCUT2D eigenvalue weighted by Gasteiger charge is 2.19. The van der Waals surface area contributed by atoms with Gasteiger partial charge < -0.3 is 10.3 Å². The van der Waals surface area contributed by atoms with Crippen molar-refractivity contribution in [3.63, 3.8) is 0 Å². The molecule has 0 aromatic carbocycles. The maximum atomic E-state index is 5.49. The van der Waals surface area contributed by atoms with Gasteiger partial charge in [0.2, 0.25) is 0 Å². The van der Waals surface area contributed by atoms with E-state index in [9.17, 15) is 0 Å². The summed E-state index contributed by atoms with van der Waals surface area (Å²) in [5.74, 6) is 7.31. The maximum absolute atomic E-state index is 5.49. The van der Waals surface area contributed by atoms with Crippen LogP contribution in [0.3, 0.4) is 0 Å². The fourth-order valence-corrected chi connectivity index (χ4v) is 2.21. The van der Waals surface area contributed by atoms with Gasteiger partial charge in [0.15, 0.2) is 0 Å². The number of nitrogens with one attached hydrogen (secondary N) is 1. The normalized spacial score (nSPS) is 15.5. The Labute approximate surface area is 96.0 Å². The van der Waals surface area contributed by atoms with Crippen molar-refractivity contribution in [2.75, 3.05) is 23.4 Å². The Morgan fingerprint density at radius 1 is 1.38 bits per heavy atom. The van der Waals surface area contributed by atoms with Gasteiger partial charge in [-0.1, -0.05) is 13.3 Å². The van der Waals surface area contributed by atoms with Crippen LogP contribution in [-0.4, -0.2) is 23.1 Å². The molecule has 1 saturated heterocycles. The summed E-state index contributed by atoms with van der Waals surface area (Å²) in [5, 5.41) is 0. The summed E-state index contributed by atoms with van der Waals surface area (Å²) in [5.41, 5.74) is 3.81. The predicted octanol–water partition coefficient (Wildman–Crippen LogP) is 1.31. The van der Waals surface area contributed by atoms with Crippen LogP contribution in [0, 0.1) is 0 Å². The van der Waals surface area contributed by atoms with Crippen molar-refractivity contribution in [2.24, 2.45) is 5.84 Å². The Bertz CT molecular complexity index is 346. The summed E-state index contributed by atoms with van der Waals surface area (Å²) < 4.78 is 0. The van der Waals surface area contributed by atoms with E-state index in [1.54, 1.807) is 6.33 Å². The molecule has 0 aliphatic carbocycles. The summed E-state index contributed by atoms with van der Waals surface area (Å²) in [6, 6.07) is 0. The lowest BCUT2D eigenvalue weighted by Gasteiger charge is -2.20. The molecule has 1 aromatic rings. The molecule has 3 N–H and O–H groups in total. The molecular weight excluding hydrogens is 202 g/mol. The molecule has 0 unspecified atom stereocenters. The van der Waals surface area contributed by atoms with Gasteiger partial charge in [-0.2, -0.15) is 0 Å². The molecule has 2 rings (SSSR count). The second kappa shape index (κ2) is 5.12. The average Bonchev–Trinajstić information content (AvgIpc) is 2.83. The van der Waals surface area contributed by atoms with E-state index >= 15 is 0 Å². The number of hydrogen-bond acceptors (Lipinski definition) is 5. The molecule has 2 heterocycles. The molecule has 0 saturated carbocycles. The quantitative estimate of drug-likeness (QED) is 0.593. The molecule has 5 nitrogen and oxygen atoms in total. The standard InChI is InChI=1S/C11H19N5/c1-2-5-9-10(15-12)13-8-14-11(9)16-6-3-4-7-16/h8H,2-7,12H2,1H3,(H,13,14,15). The Balaban J connectivity index is 2.33. The minimum atomic E-state index is 0.763. The molecule has 16 heavy (non-hydrogen) atoms. The highest BCUT2D eigenvalue weighted by Crippen LogP contribution is 2.26. The van der Waals surface area contributed by atoms with Gasteiger partial charge in [-0.25, -0.2) is 15.8 Å². The Kier molecular flexibility index (Phi) is 3.56. The monoisotopic (exact) mass is 221 g/mol. The van der Waals surface area contributed by atoms with E-state index in [1.165, 1.54) is 12.8 Å². The van der Waals surface area contributed by atoms with Crippen LogP contribution in [0.2, 0.25) is 0 Å². The van der Waals surface area contributed by atoms with E-state index in [4.69, 9.17) is 5.84 Å². The summed E-state index contributed by atoms with van der Waals surface area (Å²) in [7, 11) is 0. The number of rotatable bonds is 4.